The molecular formula is C88H114N4O4. The Labute approximate surface area is 577 Å². The van der Waals surface area contributed by atoms with Crippen LogP contribution < -0.4 is 0 Å². The number of carbonyl (C=O) groups excluding carboxylic acids is 4. The molecule has 0 aromatic heterocycles. The van der Waals surface area contributed by atoms with Crippen molar-refractivity contribution in [3.8, 4) is 34.4 Å². The van der Waals surface area contributed by atoms with E-state index in [0.29, 0.717) is 46.5 Å². The Morgan fingerprint density at radius 2 is 0.500 bits per heavy atom. The molecule has 7 aromatic rings. The van der Waals surface area contributed by atoms with E-state index in [1.54, 1.807) is 9.80 Å². The molecule has 4 amide bonds. The van der Waals surface area contributed by atoms with Crippen LogP contribution in [0.15, 0.2) is 97.1 Å². The number of unbranched alkanes of at least 4 members (excludes halogenated alkanes) is 32. The number of carbonyl (C=O) groups is 4. The monoisotopic (exact) mass is 1290 g/mol. The molecule has 510 valence electrons. The summed E-state index contributed by atoms with van der Waals surface area (Å²) in [6.45, 7) is 9.93. The number of imide groups is 2. The molecule has 0 radical (unpaired) electrons. The fourth-order valence-electron chi connectivity index (χ4n) is 15.8. The fraction of sp³-hybridized carbons (Fsp3) is 0.545. The van der Waals surface area contributed by atoms with Crippen LogP contribution >= 0.6 is 0 Å². The third-order valence-corrected chi connectivity index (χ3v) is 21.6. The van der Waals surface area contributed by atoms with E-state index < -0.39 is 0 Å². The van der Waals surface area contributed by atoms with Gasteiger partial charge in [0.2, 0.25) is 0 Å². The van der Waals surface area contributed by atoms with Gasteiger partial charge in [-0.15, -0.1) is 0 Å². The highest BCUT2D eigenvalue weighted by molar-refractivity contribution is 6.29. The van der Waals surface area contributed by atoms with Crippen LogP contribution in [0.1, 0.15) is 337 Å². The molecular weight excluding hydrogens is 1180 g/mol. The van der Waals surface area contributed by atoms with Crippen LogP contribution in [0.3, 0.4) is 0 Å². The number of rotatable bonds is 46. The van der Waals surface area contributed by atoms with Crippen molar-refractivity contribution in [1.29, 1.82) is 10.5 Å². The van der Waals surface area contributed by atoms with Gasteiger partial charge in [0, 0.05) is 13.1 Å². The number of hydrogen-bond acceptors (Lipinski definition) is 6. The third kappa shape index (κ3) is 19.6. The van der Waals surface area contributed by atoms with Gasteiger partial charge in [0.1, 0.15) is 0 Å². The average molecular weight is 1290 g/mol. The van der Waals surface area contributed by atoms with Crippen molar-refractivity contribution < 1.29 is 19.2 Å². The van der Waals surface area contributed by atoms with Crippen molar-refractivity contribution >= 4 is 66.7 Å². The molecule has 2 heterocycles. The van der Waals surface area contributed by atoms with Gasteiger partial charge in [-0.1, -0.05) is 283 Å². The third-order valence-electron chi connectivity index (χ3n) is 21.6. The average Bonchev–Trinajstić information content (AvgIpc) is 0.961. The number of amides is 4. The molecule has 0 spiro atoms. The highest BCUT2D eigenvalue weighted by atomic mass is 16.2. The molecule has 8 nitrogen and oxygen atoms in total. The van der Waals surface area contributed by atoms with Crippen LogP contribution in [0, 0.1) is 34.5 Å². The Morgan fingerprint density at radius 3 is 0.708 bits per heavy atom. The zero-order valence-electron chi connectivity index (χ0n) is 59.5. The molecule has 0 bridgehead atoms. The van der Waals surface area contributed by atoms with Crippen LogP contribution in [-0.2, 0) is 0 Å². The van der Waals surface area contributed by atoms with Crippen LogP contribution in [0.5, 0.6) is 0 Å². The van der Waals surface area contributed by atoms with Crippen LogP contribution in [0.25, 0.3) is 65.3 Å². The number of nitriles is 2. The molecule has 0 aliphatic carbocycles. The van der Waals surface area contributed by atoms with Gasteiger partial charge < -0.3 is 0 Å². The second kappa shape index (κ2) is 38.7. The Hall–Kier alpha value is -7.16. The molecule has 9 rings (SSSR count). The minimum Gasteiger partial charge on any atom is -0.274 e. The summed E-state index contributed by atoms with van der Waals surface area (Å²) in [5, 5.41) is 27.1. The predicted molar refractivity (Wildman–Crippen MR) is 402 cm³/mol. The molecule has 2 aliphatic rings. The molecule has 0 saturated carbocycles. The van der Waals surface area contributed by atoms with E-state index in [1.807, 2.05) is 72.8 Å². The molecule has 2 aliphatic heterocycles. The van der Waals surface area contributed by atoms with Crippen molar-refractivity contribution in [2.24, 2.45) is 11.8 Å². The van der Waals surface area contributed by atoms with Gasteiger partial charge in [0.05, 0.1) is 45.5 Å². The lowest BCUT2D eigenvalue weighted by Gasteiger charge is -2.23. The van der Waals surface area contributed by atoms with Gasteiger partial charge in [-0.25, -0.2) is 0 Å². The number of nitrogens with zero attached hydrogens (tertiary/aromatic N) is 4. The highest BCUT2D eigenvalue weighted by Gasteiger charge is 2.39. The predicted octanol–water partition coefficient (Wildman–Crippen LogP) is 25.5. The van der Waals surface area contributed by atoms with Crippen molar-refractivity contribution in [2.45, 2.75) is 285 Å². The van der Waals surface area contributed by atoms with E-state index in [2.05, 4.69) is 64.1 Å². The first-order valence-corrected chi connectivity index (χ1v) is 38.8. The van der Waals surface area contributed by atoms with Crippen LogP contribution in [0.2, 0.25) is 0 Å². The van der Waals surface area contributed by atoms with Gasteiger partial charge >= 0.3 is 0 Å². The summed E-state index contributed by atoms with van der Waals surface area (Å²) >= 11 is 0. The van der Waals surface area contributed by atoms with E-state index in [1.165, 1.54) is 205 Å². The maximum atomic E-state index is 14.8. The Kier molecular flexibility index (Phi) is 29.5. The van der Waals surface area contributed by atoms with E-state index in [4.69, 9.17) is 0 Å². The summed E-state index contributed by atoms with van der Waals surface area (Å²) < 4.78 is 0. The topological polar surface area (TPSA) is 122 Å². The second-order valence-electron chi connectivity index (χ2n) is 29.1. The van der Waals surface area contributed by atoms with E-state index in [9.17, 15) is 29.7 Å². The Morgan fingerprint density at radius 1 is 0.292 bits per heavy atom. The van der Waals surface area contributed by atoms with E-state index in [0.717, 1.165) is 117 Å². The molecule has 2 atom stereocenters. The van der Waals surface area contributed by atoms with Crippen molar-refractivity contribution in [3.05, 3.63) is 130 Å². The van der Waals surface area contributed by atoms with Crippen molar-refractivity contribution in [1.82, 2.24) is 9.80 Å². The van der Waals surface area contributed by atoms with Gasteiger partial charge in [0.25, 0.3) is 23.6 Å². The number of fused-ring (bicyclic) bond motifs is 6. The lowest BCUT2D eigenvalue weighted by molar-refractivity contribution is 0.0607. The first kappa shape index (κ1) is 73.1. The molecule has 7 aromatic carbocycles. The molecule has 0 saturated heterocycles. The second-order valence-corrected chi connectivity index (χ2v) is 29.1. The number of hydrogen-bond donors (Lipinski definition) is 0. The molecule has 0 fully saturated rings. The van der Waals surface area contributed by atoms with Gasteiger partial charge in [0.15, 0.2) is 0 Å². The lowest BCUT2D eigenvalue weighted by atomic mass is 9.83. The maximum absolute atomic E-state index is 14.8. The van der Waals surface area contributed by atoms with Gasteiger partial charge in [-0.05, 0) is 176 Å². The quantitative estimate of drug-likeness (QED) is 0.0213. The summed E-state index contributed by atoms with van der Waals surface area (Å²) in [6, 6.07) is 36.4. The Bertz CT molecular complexity index is 3390. The normalized spacial score (nSPS) is 13.6. The van der Waals surface area contributed by atoms with E-state index >= 15 is 0 Å². The first-order chi connectivity index (χ1) is 47.1. The van der Waals surface area contributed by atoms with Crippen molar-refractivity contribution in [3.63, 3.8) is 0 Å². The number of benzene rings is 7. The summed E-state index contributed by atoms with van der Waals surface area (Å²) in [4.78, 5) is 62.5. The Balaban J connectivity index is 1.04. The summed E-state index contributed by atoms with van der Waals surface area (Å²) in [5.74, 6) is -0.387. The molecule has 2 unspecified atom stereocenters. The van der Waals surface area contributed by atoms with Gasteiger partial charge in [-0.3, -0.25) is 29.0 Å². The zero-order valence-corrected chi connectivity index (χ0v) is 59.5. The van der Waals surface area contributed by atoms with Crippen LogP contribution in [-0.4, -0.2) is 46.5 Å². The van der Waals surface area contributed by atoms with Gasteiger partial charge in [-0.2, -0.15) is 10.5 Å². The largest absolute Gasteiger partial charge is 0.274 e. The van der Waals surface area contributed by atoms with E-state index in [-0.39, 0.29) is 35.5 Å². The first-order valence-electron chi connectivity index (χ1n) is 38.8. The zero-order chi connectivity index (χ0) is 67.4. The van der Waals surface area contributed by atoms with Crippen LogP contribution in [0.4, 0.5) is 0 Å². The maximum Gasteiger partial charge on any atom is 0.261 e. The summed E-state index contributed by atoms with van der Waals surface area (Å²) in [6.07, 6.45) is 49.4. The SMILES string of the molecule is CCCCCCCCCCCCC(CCCCCCCCCC)CN1C(=O)c2cc3cc4c(-c5ccc(C#N)cc5)c5cc6cc7c(cc6cc5c(-c5ccc(C#N)cc5)c4cc3cc2C1=O)C(=O)N(CC(CCCCCCCCCC)CCCCCCCCCCCC)C7=O. The minimum atomic E-state index is -0.219. The summed E-state index contributed by atoms with van der Waals surface area (Å²) in [5.41, 5.74) is 6.46. The standard InChI is InChI=1S/C88H114N4O4/c1-5-9-13-17-21-25-27-31-35-39-43-67(41-37-33-29-23-19-15-11-7-3)63-91-85(93)79-57-71-53-75-76(54-72(71)58-80(79)86(91)94)84(70-51-47-66(62-90)48-52-70)78-56-74-60-82-81(59-73(74)55-77(78)83(75)69-49-45-65(61-89)46-50-69)87(95)92(88(82)96)64-68(42-38-34-30-24-20-16-12-8-4)44-40-36-32-28-26-22-18-14-10-6-2/h45-60,67-68H,5-44,63-64H2,1-4H3. The molecule has 96 heavy (non-hydrogen) atoms. The highest BCUT2D eigenvalue weighted by Crippen LogP contribution is 2.48. The molecule has 0 N–H and O–H groups in total. The lowest BCUT2D eigenvalue weighted by Crippen LogP contribution is -2.34. The summed E-state index contributed by atoms with van der Waals surface area (Å²) in [7, 11) is 0. The fourth-order valence-corrected chi connectivity index (χ4v) is 15.8. The smallest absolute Gasteiger partial charge is 0.261 e. The van der Waals surface area contributed by atoms with Crippen molar-refractivity contribution in [2.75, 3.05) is 13.1 Å². The molecule has 8 heteroatoms. The minimum absolute atomic E-state index is 0.219.